The molecule has 0 aromatic heterocycles. The van der Waals surface area contributed by atoms with Crippen molar-refractivity contribution in [2.45, 2.75) is 17.5 Å². The highest BCUT2D eigenvalue weighted by Crippen LogP contribution is 2.36. The first-order chi connectivity index (χ1) is 17.2. The zero-order chi connectivity index (χ0) is 25.9. The molecule has 0 N–H and O–H groups in total. The van der Waals surface area contributed by atoms with Gasteiger partial charge in [-0.1, -0.05) is 41.4 Å². The fraction of sp³-hybridized carbons (Fsp3) is 0.269. The van der Waals surface area contributed by atoms with Gasteiger partial charge in [-0.2, -0.15) is 0 Å². The summed E-state index contributed by atoms with van der Waals surface area (Å²) < 4.78 is 40.4. The molecule has 1 heterocycles. The molecule has 0 radical (unpaired) electrons. The number of methoxy groups -OCH3 is 2. The van der Waals surface area contributed by atoms with Crippen molar-refractivity contribution in [3.05, 3.63) is 81.8 Å². The minimum Gasteiger partial charge on any atom is -0.493 e. The van der Waals surface area contributed by atoms with E-state index >= 15 is 0 Å². The molecular formula is C26H27Cl2N3O4S. The van der Waals surface area contributed by atoms with Crippen LogP contribution in [0.3, 0.4) is 0 Å². The molecule has 0 saturated heterocycles. The molecule has 1 unspecified atom stereocenters. The first-order valence-electron chi connectivity index (χ1n) is 11.2. The minimum atomic E-state index is -4.04. The van der Waals surface area contributed by atoms with E-state index in [4.69, 9.17) is 32.7 Å². The zero-order valence-electron chi connectivity index (χ0n) is 20.2. The quantitative estimate of drug-likeness (QED) is 0.371. The van der Waals surface area contributed by atoms with Gasteiger partial charge in [0.2, 0.25) is 0 Å². The van der Waals surface area contributed by atoms with Crippen LogP contribution in [0.4, 0.5) is 5.69 Å². The average Bonchev–Trinajstić information content (AvgIpc) is 3.28. The lowest BCUT2D eigenvalue weighted by Crippen LogP contribution is -2.42. The van der Waals surface area contributed by atoms with Gasteiger partial charge in [-0.25, -0.2) is 8.42 Å². The predicted octanol–water partition coefficient (Wildman–Crippen LogP) is 5.14. The Morgan fingerprint density at radius 1 is 1.00 bits per heavy atom. The number of hydrogen-bond donors (Lipinski definition) is 0. The molecule has 1 atom stereocenters. The van der Waals surface area contributed by atoms with Crippen molar-refractivity contribution in [1.82, 2.24) is 4.90 Å². The Bertz CT molecular complexity index is 1380. The number of nitrogens with zero attached hydrogens (tertiary/aromatic N) is 3. The largest absolute Gasteiger partial charge is 0.493 e. The Morgan fingerprint density at radius 2 is 1.75 bits per heavy atom. The van der Waals surface area contributed by atoms with Gasteiger partial charge >= 0.3 is 0 Å². The average molecular weight is 548 g/mol. The van der Waals surface area contributed by atoms with Crippen LogP contribution >= 0.6 is 23.2 Å². The van der Waals surface area contributed by atoms with Crippen LogP contribution < -0.4 is 13.8 Å². The number of anilines is 1. The van der Waals surface area contributed by atoms with Crippen molar-refractivity contribution in [1.29, 1.82) is 0 Å². The molecule has 0 bridgehead atoms. The van der Waals surface area contributed by atoms with E-state index in [1.807, 2.05) is 30.1 Å². The highest BCUT2D eigenvalue weighted by Gasteiger charge is 2.32. The number of halogens is 2. The number of likely N-dealkylation sites (N-methyl/N-ethyl adjacent to an activating group) is 1. The van der Waals surface area contributed by atoms with Gasteiger partial charge in [0.15, 0.2) is 11.5 Å². The number of ether oxygens (including phenoxy) is 2. The van der Waals surface area contributed by atoms with Gasteiger partial charge in [-0.3, -0.25) is 14.2 Å². The SMILES string of the molecule is COc1ccc(S(=O)(=O)N(CC2N=CCN2C)c2ccc(Cl)cc2Cc2ccccc2Cl)cc1OC. The minimum absolute atomic E-state index is 0.0726. The number of hydrogen-bond acceptors (Lipinski definition) is 6. The molecule has 0 spiro atoms. The van der Waals surface area contributed by atoms with Crippen LogP contribution in [-0.4, -0.2) is 60.1 Å². The molecule has 0 aliphatic carbocycles. The number of benzene rings is 3. The van der Waals surface area contributed by atoms with Crippen LogP contribution in [0, 0.1) is 0 Å². The van der Waals surface area contributed by atoms with Crippen molar-refractivity contribution in [3.63, 3.8) is 0 Å². The molecule has 36 heavy (non-hydrogen) atoms. The normalized spacial score (nSPS) is 15.8. The van der Waals surface area contributed by atoms with Crippen LogP contribution in [0.2, 0.25) is 10.0 Å². The van der Waals surface area contributed by atoms with Gasteiger partial charge in [0.25, 0.3) is 10.0 Å². The topological polar surface area (TPSA) is 71.4 Å². The summed E-state index contributed by atoms with van der Waals surface area (Å²) in [6.45, 7) is 0.753. The van der Waals surface area contributed by atoms with Gasteiger partial charge in [0, 0.05) is 35.3 Å². The molecule has 1 aliphatic rings. The van der Waals surface area contributed by atoms with Crippen molar-refractivity contribution in [2.24, 2.45) is 4.99 Å². The fourth-order valence-corrected chi connectivity index (χ4v) is 6.00. The monoisotopic (exact) mass is 547 g/mol. The Morgan fingerprint density at radius 3 is 2.42 bits per heavy atom. The second-order valence-electron chi connectivity index (χ2n) is 8.35. The summed E-state index contributed by atoms with van der Waals surface area (Å²) >= 11 is 12.8. The second-order valence-corrected chi connectivity index (χ2v) is 11.1. The molecule has 0 fully saturated rings. The van der Waals surface area contributed by atoms with Gasteiger partial charge in [0.05, 0.1) is 31.3 Å². The van der Waals surface area contributed by atoms with E-state index in [-0.39, 0.29) is 17.6 Å². The smallest absolute Gasteiger partial charge is 0.264 e. The van der Waals surface area contributed by atoms with Gasteiger partial charge in [0.1, 0.15) is 6.17 Å². The van der Waals surface area contributed by atoms with Crippen molar-refractivity contribution in [2.75, 3.05) is 38.7 Å². The first kappa shape index (κ1) is 26.3. The van der Waals surface area contributed by atoms with Crippen LogP contribution in [-0.2, 0) is 16.4 Å². The molecule has 3 aromatic carbocycles. The summed E-state index contributed by atoms with van der Waals surface area (Å²) in [6.07, 6.45) is 1.85. The lowest BCUT2D eigenvalue weighted by atomic mass is 10.0. The summed E-state index contributed by atoms with van der Waals surface area (Å²) in [4.78, 5) is 6.56. The van der Waals surface area contributed by atoms with E-state index < -0.39 is 10.0 Å². The maximum Gasteiger partial charge on any atom is 0.264 e. The number of sulfonamides is 1. The highest BCUT2D eigenvalue weighted by molar-refractivity contribution is 7.92. The second kappa shape index (κ2) is 11.1. The van der Waals surface area contributed by atoms with E-state index in [9.17, 15) is 8.42 Å². The third-order valence-electron chi connectivity index (χ3n) is 6.08. The molecule has 0 amide bonds. The van der Waals surface area contributed by atoms with Crippen LogP contribution in [0.5, 0.6) is 11.5 Å². The summed E-state index contributed by atoms with van der Waals surface area (Å²) in [5, 5.41) is 1.10. The van der Waals surface area contributed by atoms with Gasteiger partial charge in [-0.05, 0) is 54.6 Å². The molecular weight excluding hydrogens is 521 g/mol. The fourth-order valence-electron chi connectivity index (χ4n) is 4.08. The van der Waals surface area contributed by atoms with Crippen LogP contribution in [0.15, 0.2) is 70.6 Å². The third kappa shape index (κ3) is 5.47. The highest BCUT2D eigenvalue weighted by atomic mass is 35.5. The Labute approximate surface area is 221 Å². The lowest BCUT2D eigenvalue weighted by molar-refractivity contribution is 0.313. The Balaban J connectivity index is 1.85. The van der Waals surface area contributed by atoms with E-state index in [1.54, 1.807) is 36.5 Å². The maximum atomic E-state index is 14.2. The van der Waals surface area contributed by atoms with E-state index in [0.717, 1.165) is 11.1 Å². The van der Waals surface area contributed by atoms with Crippen molar-refractivity contribution < 1.29 is 17.9 Å². The van der Waals surface area contributed by atoms with Crippen molar-refractivity contribution in [3.8, 4) is 11.5 Å². The summed E-state index contributed by atoms with van der Waals surface area (Å²) in [6, 6.07) is 17.2. The molecule has 10 heteroatoms. The molecule has 4 rings (SSSR count). The molecule has 1 aliphatic heterocycles. The molecule has 7 nitrogen and oxygen atoms in total. The predicted molar refractivity (Wildman–Crippen MR) is 145 cm³/mol. The summed E-state index contributed by atoms with van der Waals surface area (Å²) in [5.74, 6) is 0.760. The zero-order valence-corrected chi connectivity index (χ0v) is 22.5. The standard InChI is InChI=1S/C26H27Cl2N3O4S/c1-30-13-12-29-26(30)17-31(36(32,33)21-9-11-24(34-2)25(16-21)35-3)23-10-8-20(27)15-19(23)14-18-6-4-5-7-22(18)28/h4-12,15-16,26H,13-14,17H2,1-3H3. The van der Waals surface area contributed by atoms with Gasteiger partial charge < -0.3 is 9.47 Å². The number of rotatable bonds is 9. The molecule has 0 saturated carbocycles. The number of aliphatic imine (C=N–C) groups is 1. The van der Waals surface area contributed by atoms with Crippen LogP contribution in [0.1, 0.15) is 11.1 Å². The summed E-state index contributed by atoms with van der Waals surface area (Å²) in [7, 11) is 0.837. The van der Waals surface area contributed by atoms with E-state index in [1.165, 1.54) is 30.7 Å². The lowest BCUT2D eigenvalue weighted by Gasteiger charge is -2.31. The van der Waals surface area contributed by atoms with E-state index in [2.05, 4.69) is 4.99 Å². The Hall–Kier alpha value is -2.78. The summed E-state index contributed by atoms with van der Waals surface area (Å²) in [5.41, 5.74) is 2.09. The van der Waals surface area contributed by atoms with Crippen LogP contribution in [0.25, 0.3) is 0 Å². The Kier molecular flexibility index (Phi) is 8.10. The van der Waals surface area contributed by atoms with Crippen molar-refractivity contribution >= 4 is 45.1 Å². The maximum absolute atomic E-state index is 14.2. The third-order valence-corrected chi connectivity index (χ3v) is 8.46. The molecule has 3 aromatic rings. The first-order valence-corrected chi connectivity index (χ1v) is 13.4. The van der Waals surface area contributed by atoms with Gasteiger partial charge in [-0.15, -0.1) is 0 Å². The molecule has 190 valence electrons. The van der Waals surface area contributed by atoms with E-state index in [0.29, 0.717) is 40.2 Å².